The van der Waals surface area contributed by atoms with Gasteiger partial charge in [-0.3, -0.25) is 0 Å². The standard InChI is InChI=1S/C26H28N2O3/c1-31-25(29)21-12-14-22(15-13-21)28-16-23(26(30)17-27-18-26)24(19-8-4-2-5-9-19)20-10-6-3-7-11-20/h2-15,23-24,27-28,30H,16-18H2,1H3. The van der Waals surface area contributed by atoms with Gasteiger partial charge in [-0.25, -0.2) is 4.79 Å². The van der Waals surface area contributed by atoms with Crippen LogP contribution in [-0.2, 0) is 4.74 Å². The molecule has 160 valence electrons. The fraction of sp³-hybridized carbons (Fsp3) is 0.269. The smallest absolute Gasteiger partial charge is 0.337 e. The highest BCUT2D eigenvalue weighted by atomic mass is 16.5. The molecule has 1 atom stereocenters. The number of carbonyl (C=O) groups excluding carboxylic acids is 1. The summed E-state index contributed by atoms with van der Waals surface area (Å²) >= 11 is 0. The van der Waals surface area contributed by atoms with E-state index in [4.69, 9.17) is 4.74 Å². The molecule has 1 saturated heterocycles. The molecule has 3 aromatic carbocycles. The van der Waals surface area contributed by atoms with Crippen LogP contribution in [0.5, 0.6) is 0 Å². The molecule has 1 aliphatic rings. The molecule has 1 unspecified atom stereocenters. The highest BCUT2D eigenvalue weighted by Gasteiger charge is 2.46. The number of aliphatic hydroxyl groups is 1. The van der Waals surface area contributed by atoms with Gasteiger partial charge in [0.05, 0.1) is 18.3 Å². The van der Waals surface area contributed by atoms with E-state index in [1.54, 1.807) is 12.1 Å². The number of nitrogens with one attached hydrogen (secondary N) is 2. The minimum absolute atomic E-state index is 0.0383. The summed E-state index contributed by atoms with van der Waals surface area (Å²) in [5.74, 6) is -0.373. The van der Waals surface area contributed by atoms with E-state index >= 15 is 0 Å². The topological polar surface area (TPSA) is 70.6 Å². The molecule has 1 fully saturated rings. The van der Waals surface area contributed by atoms with Gasteiger partial charge in [-0.1, -0.05) is 60.7 Å². The SMILES string of the molecule is COC(=O)c1ccc(NCC(C(c2ccccc2)c2ccccc2)C2(O)CNC2)cc1. The fourth-order valence-electron chi connectivity index (χ4n) is 4.31. The zero-order chi connectivity index (χ0) is 21.7. The van der Waals surface area contributed by atoms with Crippen LogP contribution in [0.15, 0.2) is 84.9 Å². The molecule has 4 rings (SSSR count). The number of hydrogen-bond donors (Lipinski definition) is 3. The second-order valence-corrected chi connectivity index (χ2v) is 8.06. The first-order valence-corrected chi connectivity index (χ1v) is 10.6. The Morgan fingerprint density at radius 1 is 0.968 bits per heavy atom. The Morgan fingerprint density at radius 2 is 1.52 bits per heavy atom. The number of carbonyl (C=O) groups is 1. The quantitative estimate of drug-likeness (QED) is 0.489. The van der Waals surface area contributed by atoms with Crippen LogP contribution in [0.4, 0.5) is 5.69 Å². The number of esters is 1. The van der Waals surface area contributed by atoms with Crippen molar-refractivity contribution in [1.29, 1.82) is 0 Å². The lowest BCUT2D eigenvalue weighted by Crippen LogP contribution is -2.66. The van der Waals surface area contributed by atoms with Crippen molar-refractivity contribution in [3.8, 4) is 0 Å². The summed E-state index contributed by atoms with van der Waals surface area (Å²) in [5, 5.41) is 18.1. The number of ether oxygens (including phenoxy) is 1. The fourth-order valence-corrected chi connectivity index (χ4v) is 4.31. The number of β-amino-alcohol motifs (C(OH)–C–C–N with tert-alkyl or cyclic N) is 1. The van der Waals surface area contributed by atoms with Gasteiger partial charge in [-0.2, -0.15) is 0 Å². The molecule has 0 amide bonds. The maximum atomic E-state index is 11.7. The molecule has 5 heteroatoms. The lowest BCUT2D eigenvalue weighted by atomic mass is 9.69. The molecule has 5 nitrogen and oxygen atoms in total. The molecule has 1 heterocycles. The van der Waals surface area contributed by atoms with Crippen LogP contribution < -0.4 is 10.6 Å². The van der Waals surface area contributed by atoms with Gasteiger partial charge >= 0.3 is 5.97 Å². The number of benzene rings is 3. The number of methoxy groups -OCH3 is 1. The molecular weight excluding hydrogens is 388 g/mol. The molecule has 0 bridgehead atoms. The highest BCUT2D eigenvalue weighted by molar-refractivity contribution is 5.89. The Kier molecular flexibility index (Phi) is 6.35. The van der Waals surface area contributed by atoms with Gasteiger partial charge in [0, 0.05) is 37.2 Å². The number of rotatable bonds is 8. The van der Waals surface area contributed by atoms with E-state index in [0.29, 0.717) is 25.2 Å². The summed E-state index contributed by atoms with van der Waals surface area (Å²) in [6, 6.07) is 28.0. The Hall–Kier alpha value is -3.15. The molecule has 0 radical (unpaired) electrons. The van der Waals surface area contributed by atoms with Crippen molar-refractivity contribution in [2.75, 3.05) is 32.1 Å². The van der Waals surface area contributed by atoms with Crippen LogP contribution >= 0.6 is 0 Å². The molecule has 0 spiro atoms. The van der Waals surface area contributed by atoms with Gasteiger partial charge in [-0.05, 0) is 35.4 Å². The predicted octanol–water partition coefficient (Wildman–Crippen LogP) is 3.67. The van der Waals surface area contributed by atoms with Crippen molar-refractivity contribution in [2.24, 2.45) is 5.92 Å². The molecule has 31 heavy (non-hydrogen) atoms. The van der Waals surface area contributed by atoms with Gasteiger partial charge in [-0.15, -0.1) is 0 Å². The summed E-state index contributed by atoms with van der Waals surface area (Å²) in [6.07, 6.45) is 0. The minimum Gasteiger partial charge on any atom is -0.465 e. The summed E-state index contributed by atoms with van der Waals surface area (Å²) < 4.78 is 4.77. The monoisotopic (exact) mass is 416 g/mol. The first-order valence-electron chi connectivity index (χ1n) is 10.6. The zero-order valence-corrected chi connectivity index (χ0v) is 17.6. The Bertz CT molecular complexity index is 947. The second-order valence-electron chi connectivity index (χ2n) is 8.06. The molecular formula is C26H28N2O3. The van der Waals surface area contributed by atoms with E-state index in [1.807, 2.05) is 48.5 Å². The third-order valence-corrected chi connectivity index (χ3v) is 6.10. The maximum absolute atomic E-state index is 11.7. The van der Waals surface area contributed by atoms with Gasteiger partial charge in [0.25, 0.3) is 0 Å². The normalized spacial score (nSPS) is 15.7. The average Bonchev–Trinajstić information content (AvgIpc) is 2.81. The van der Waals surface area contributed by atoms with Crippen molar-refractivity contribution in [2.45, 2.75) is 11.5 Å². The van der Waals surface area contributed by atoms with Crippen molar-refractivity contribution in [1.82, 2.24) is 5.32 Å². The third kappa shape index (κ3) is 4.63. The van der Waals surface area contributed by atoms with E-state index in [2.05, 4.69) is 34.9 Å². The molecule has 1 aliphatic heterocycles. The van der Waals surface area contributed by atoms with E-state index < -0.39 is 5.60 Å². The molecule has 0 saturated carbocycles. The van der Waals surface area contributed by atoms with Gasteiger partial charge in [0.2, 0.25) is 0 Å². The van der Waals surface area contributed by atoms with Crippen molar-refractivity contribution >= 4 is 11.7 Å². The minimum atomic E-state index is -0.810. The van der Waals surface area contributed by atoms with E-state index in [1.165, 1.54) is 18.2 Å². The largest absolute Gasteiger partial charge is 0.465 e. The summed E-state index contributed by atoms with van der Waals surface area (Å²) in [7, 11) is 1.37. The maximum Gasteiger partial charge on any atom is 0.337 e. The summed E-state index contributed by atoms with van der Waals surface area (Å²) in [5.41, 5.74) is 2.96. The van der Waals surface area contributed by atoms with Gasteiger partial charge in [0.1, 0.15) is 0 Å². The molecule has 0 aliphatic carbocycles. The first-order chi connectivity index (χ1) is 15.1. The molecule has 3 N–H and O–H groups in total. The zero-order valence-electron chi connectivity index (χ0n) is 17.6. The molecule has 3 aromatic rings. The van der Waals surface area contributed by atoms with Crippen LogP contribution in [-0.4, -0.2) is 43.4 Å². The van der Waals surface area contributed by atoms with Crippen molar-refractivity contribution in [3.05, 3.63) is 102 Å². The lowest BCUT2D eigenvalue weighted by molar-refractivity contribution is -0.0624. The van der Waals surface area contributed by atoms with Crippen molar-refractivity contribution < 1.29 is 14.6 Å². The van der Waals surface area contributed by atoms with Crippen molar-refractivity contribution in [3.63, 3.8) is 0 Å². The van der Waals surface area contributed by atoms with Crippen LogP contribution in [0, 0.1) is 5.92 Å². The van der Waals surface area contributed by atoms with Gasteiger partial charge < -0.3 is 20.5 Å². The number of anilines is 1. The van der Waals surface area contributed by atoms with Gasteiger partial charge in [0.15, 0.2) is 0 Å². The second kappa shape index (κ2) is 9.33. The van der Waals surface area contributed by atoms with E-state index in [-0.39, 0.29) is 17.8 Å². The van der Waals surface area contributed by atoms with Crippen LogP contribution in [0.3, 0.4) is 0 Å². The van der Waals surface area contributed by atoms with E-state index in [0.717, 1.165) is 5.69 Å². The average molecular weight is 417 g/mol. The Labute approximate surface area is 183 Å². The molecule has 0 aromatic heterocycles. The van der Waals surface area contributed by atoms with Crippen LogP contribution in [0.1, 0.15) is 27.4 Å². The third-order valence-electron chi connectivity index (χ3n) is 6.10. The predicted molar refractivity (Wildman–Crippen MR) is 122 cm³/mol. The first kappa shape index (κ1) is 21.1. The number of hydrogen-bond acceptors (Lipinski definition) is 5. The Balaban J connectivity index is 1.63. The Morgan fingerprint density at radius 3 is 1.97 bits per heavy atom. The lowest BCUT2D eigenvalue weighted by Gasteiger charge is -2.47. The summed E-state index contributed by atoms with van der Waals surface area (Å²) in [6.45, 7) is 1.72. The van der Waals surface area contributed by atoms with Crippen LogP contribution in [0.2, 0.25) is 0 Å². The van der Waals surface area contributed by atoms with E-state index in [9.17, 15) is 9.90 Å². The summed E-state index contributed by atoms with van der Waals surface area (Å²) in [4.78, 5) is 11.7. The highest BCUT2D eigenvalue weighted by Crippen LogP contribution is 2.40. The van der Waals surface area contributed by atoms with Crippen LogP contribution in [0.25, 0.3) is 0 Å².